The highest BCUT2D eigenvalue weighted by Crippen LogP contribution is 2.02. The second kappa shape index (κ2) is 4.61. The number of nitrogens with zero attached hydrogens (tertiary/aromatic N) is 2. The van der Waals surface area contributed by atoms with Crippen molar-refractivity contribution in [3.63, 3.8) is 0 Å². The van der Waals surface area contributed by atoms with Crippen LogP contribution in [-0.2, 0) is 0 Å². The lowest BCUT2D eigenvalue weighted by atomic mass is 10.4. The molecule has 0 aliphatic carbocycles. The van der Waals surface area contributed by atoms with Crippen molar-refractivity contribution in [1.82, 2.24) is 9.80 Å². The maximum Gasteiger partial charge on any atom is 0.0890 e. The zero-order chi connectivity index (χ0) is 6.69. The first-order valence-electron chi connectivity index (χ1n) is 3.45. The van der Waals surface area contributed by atoms with E-state index in [9.17, 15) is 0 Å². The quantitative estimate of drug-likeness (QED) is 0.519. The Morgan fingerprint density at radius 3 is 2.50 bits per heavy atom. The van der Waals surface area contributed by atoms with Gasteiger partial charge in [-0.2, -0.15) is 0 Å². The van der Waals surface area contributed by atoms with Gasteiger partial charge in [-0.05, 0) is 6.42 Å². The maximum absolute atomic E-state index is 2.31. The van der Waals surface area contributed by atoms with Crippen molar-refractivity contribution in [2.24, 2.45) is 0 Å². The van der Waals surface area contributed by atoms with Crippen LogP contribution in [0.4, 0.5) is 0 Å². The summed E-state index contributed by atoms with van der Waals surface area (Å²) in [6, 6.07) is 0. The summed E-state index contributed by atoms with van der Waals surface area (Å²) in [6.07, 6.45) is 5.48. The molecular weight excluding hydrogens is 192 g/mol. The van der Waals surface area contributed by atoms with Gasteiger partial charge in [-0.25, -0.2) is 0 Å². The topological polar surface area (TPSA) is 6.48 Å². The Morgan fingerprint density at radius 2 is 2.10 bits per heavy atom. The third-order valence-corrected chi connectivity index (χ3v) is 1.45. The monoisotopic (exact) mass is 205 g/mol. The molecule has 0 amide bonds. The van der Waals surface area contributed by atoms with Crippen molar-refractivity contribution in [3.8, 4) is 0 Å². The fraction of sp³-hybridized carbons (Fsp3) is 0.714. The van der Waals surface area contributed by atoms with E-state index in [1.165, 1.54) is 13.0 Å². The second-order valence-electron chi connectivity index (χ2n) is 2.51. The molecule has 1 aliphatic heterocycles. The van der Waals surface area contributed by atoms with Gasteiger partial charge in [-0.15, -0.1) is 0 Å². The highest BCUT2D eigenvalue weighted by atomic mass is 79.9. The van der Waals surface area contributed by atoms with Crippen LogP contribution in [0.25, 0.3) is 0 Å². The zero-order valence-corrected chi connectivity index (χ0v) is 8.13. The molecule has 1 heterocycles. The smallest absolute Gasteiger partial charge is 0.0890 e. The Morgan fingerprint density at radius 1 is 1.40 bits per heavy atom. The van der Waals surface area contributed by atoms with Crippen LogP contribution in [0.15, 0.2) is 12.4 Å². The van der Waals surface area contributed by atoms with E-state index in [1.54, 1.807) is 0 Å². The normalized spacial score (nSPS) is 15.8. The lowest BCUT2D eigenvalue weighted by Gasteiger charge is -2.16. The Bertz CT molecular complexity index is 114. The first-order chi connectivity index (χ1) is 4.33. The molecular formula is C7H14BrN2-. The van der Waals surface area contributed by atoms with Crippen molar-refractivity contribution in [1.29, 1.82) is 0 Å². The molecule has 2 nitrogen and oxygen atoms in total. The molecule has 10 heavy (non-hydrogen) atoms. The minimum atomic E-state index is 0. The second-order valence-corrected chi connectivity index (χ2v) is 2.51. The van der Waals surface area contributed by atoms with Crippen LogP contribution in [0, 0.1) is 0 Å². The van der Waals surface area contributed by atoms with E-state index in [1.807, 2.05) is 0 Å². The molecule has 0 aromatic rings. The lowest BCUT2D eigenvalue weighted by Crippen LogP contribution is -3.00. The maximum atomic E-state index is 2.31. The summed E-state index contributed by atoms with van der Waals surface area (Å²) in [4.78, 5) is 4.48. The number of hydrogen-bond acceptors (Lipinski definition) is 2. The predicted octanol–water partition coefficient (Wildman–Crippen LogP) is -1.92. The fourth-order valence-corrected chi connectivity index (χ4v) is 1.02. The number of hydrogen-bond donors (Lipinski definition) is 0. The van der Waals surface area contributed by atoms with Gasteiger partial charge in [0, 0.05) is 26.0 Å². The molecule has 0 saturated heterocycles. The largest absolute Gasteiger partial charge is 1.00 e. The minimum absolute atomic E-state index is 0. The van der Waals surface area contributed by atoms with E-state index in [0.29, 0.717) is 0 Å². The molecule has 0 fully saturated rings. The van der Waals surface area contributed by atoms with Gasteiger partial charge in [0.1, 0.15) is 0 Å². The standard InChI is InChI=1S/C7H14N2.BrH/c1-3-4-9-6-5-8(2)7-9;/h5-6H,3-4,7H2,1-2H3;1H/p-1. The van der Waals surface area contributed by atoms with E-state index in [4.69, 9.17) is 0 Å². The highest BCUT2D eigenvalue weighted by Gasteiger charge is 2.04. The van der Waals surface area contributed by atoms with Gasteiger partial charge >= 0.3 is 0 Å². The third kappa shape index (κ3) is 2.60. The Kier molecular flexibility index (Phi) is 4.52. The van der Waals surface area contributed by atoms with Crippen LogP contribution >= 0.6 is 0 Å². The van der Waals surface area contributed by atoms with Crippen LogP contribution < -0.4 is 17.0 Å². The lowest BCUT2D eigenvalue weighted by molar-refractivity contribution is -0.00000201. The molecule has 0 bridgehead atoms. The van der Waals surface area contributed by atoms with Gasteiger partial charge in [-0.3, -0.25) is 0 Å². The van der Waals surface area contributed by atoms with Crippen molar-refractivity contribution in [2.45, 2.75) is 13.3 Å². The van der Waals surface area contributed by atoms with Gasteiger partial charge in [0.2, 0.25) is 0 Å². The highest BCUT2D eigenvalue weighted by molar-refractivity contribution is 4.87. The van der Waals surface area contributed by atoms with Gasteiger partial charge in [0.25, 0.3) is 0 Å². The van der Waals surface area contributed by atoms with Gasteiger partial charge < -0.3 is 26.8 Å². The summed E-state index contributed by atoms with van der Waals surface area (Å²) in [6.45, 7) is 4.45. The number of halogens is 1. The SMILES string of the molecule is CCCN1C=CN(C)C1.[Br-]. The molecule has 1 aliphatic rings. The molecule has 0 saturated carbocycles. The van der Waals surface area contributed by atoms with Crippen molar-refractivity contribution >= 4 is 0 Å². The summed E-state index contributed by atoms with van der Waals surface area (Å²) in [5, 5.41) is 0. The fourth-order valence-electron chi connectivity index (χ4n) is 1.02. The first-order valence-corrected chi connectivity index (χ1v) is 3.45. The first kappa shape index (κ1) is 9.82. The van der Waals surface area contributed by atoms with E-state index < -0.39 is 0 Å². The molecule has 0 N–H and O–H groups in total. The molecule has 0 aromatic heterocycles. The van der Waals surface area contributed by atoms with Gasteiger partial charge in [-0.1, -0.05) is 6.92 Å². The van der Waals surface area contributed by atoms with Gasteiger partial charge in [0.15, 0.2) is 0 Å². The molecule has 0 radical (unpaired) electrons. The minimum Gasteiger partial charge on any atom is -1.00 e. The third-order valence-electron chi connectivity index (χ3n) is 1.45. The predicted molar refractivity (Wildman–Crippen MR) is 38.8 cm³/mol. The molecule has 1 rings (SSSR count). The summed E-state index contributed by atoms with van der Waals surface area (Å²) in [5.41, 5.74) is 0. The Balaban J connectivity index is 0.000000810. The Hall–Kier alpha value is -0.180. The summed E-state index contributed by atoms with van der Waals surface area (Å²) in [5.74, 6) is 0. The van der Waals surface area contributed by atoms with Crippen LogP contribution in [-0.4, -0.2) is 30.1 Å². The molecule has 0 spiro atoms. The van der Waals surface area contributed by atoms with Crippen LogP contribution in [0.5, 0.6) is 0 Å². The summed E-state index contributed by atoms with van der Waals surface area (Å²) >= 11 is 0. The van der Waals surface area contributed by atoms with E-state index in [2.05, 4.69) is 36.2 Å². The van der Waals surface area contributed by atoms with E-state index in [0.717, 1.165) is 6.67 Å². The van der Waals surface area contributed by atoms with Crippen molar-refractivity contribution in [2.75, 3.05) is 20.3 Å². The molecule has 0 aromatic carbocycles. The average Bonchev–Trinajstić information content (AvgIpc) is 2.17. The van der Waals surface area contributed by atoms with Crippen molar-refractivity contribution in [3.05, 3.63) is 12.4 Å². The Labute approximate surface area is 73.3 Å². The molecule has 0 unspecified atom stereocenters. The van der Waals surface area contributed by atoms with Crippen LogP contribution in [0.1, 0.15) is 13.3 Å². The zero-order valence-electron chi connectivity index (χ0n) is 6.55. The van der Waals surface area contributed by atoms with Gasteiger partial charge in [0.05, 0.1) is 6.67 Å². The summed E-state index contributed by atoms with van der Waals surface area (Å²) in [7, 11) is 2.09. The van der Waals surface area contributed by atoms with E-state index in [-0.39, 0.29) is 17.0 Å². The molecule has 0 atom stereocenters. The number of rotatable bonds is 2. The molecule has 60 valence electrons. The van der Waals surface area contributed by atoms with Crippen molar-refractivity contribution < 1.29 is 17.0 Å². The average molecular weight is 206 g/mol. The van der Waals surface area contributed by atoms with Crippen LogP contribution in [0.2, 0.25) is 0 Å². The van der Waals surface area contributed by atoms with E-state index >= 15 is 0 Å². The van der Waals surface area contributed by atoms with Crippen LogP contribution in [0.3, 0.4) is 0 Å². The molecule has 3 heteroatoms. The summed E-state index contributed by atoms with van der Waals surface area (Å²) < 4.78 is 0.